The van der Waals surface area contributed by atoms with Crippen LogP contribution in [0, 0.1) is 0 Å². The lowest BCUT2D eigenvalue weighted by molar-refractivity contribution is -0.131. The second kappa shape index (κ2) is 4.61. The molecule has 0 aromatic heterocycles. The number of nitrogens with one attached hydrogen (secondary N) is 1. The second-order valence-corrected chi connectivity index (χ2v) is 4.68. The zero-order chi connectivity index (χ0) is 13.3. The Kier molecular flexibility index (Phi) is 3.30. The standard InChI is InChI=1S/C13H15ClN2O2/c1-3-13(9-5-7-10(14)8-6-9)11(17)16(4-2)12(18)15-13/h5-8H,3-4H2,1-2H3,(H,15,18). The highest BCUT2D eigenvalue weighted by Gasteiger charge is 2.50. The minimum Gasteiger partial charge on any atom is -0.319 e. The van der Waals surface area contributed by atoms with E-state index >= 15 is 0 Å². The first-order valence-corrected chi connectivity index (χ1v) is 6.33. The van der Waals surface area contributed by atoms with Gasteiger partial charge in [-0.05, 0) is 31.0 Å². The van der Waals surface area contributed by atoms with E-state index in [-0.39, 0.29) is 11.9 Å². The molecule has 1 atom stereocenters. The monoisotopic (exact) mass is 266 g/mol. The highest BCUT2D eigenvalue weighted by molar-refractivity contribution is 6.30. The van der Waals surface area contributed by atoms with Gasteiger partial charge in [0.15, 0.2) is 0 Å². The fourth-order valence-corrected chi connectivity index (χ4v) is 2.41. The molecule has 1 aliphatic rings. The number of carbonyl (C=O) groups excluding carboxylic acids is 2. The average molecular weight is 267 g/mol. The lowest BCUT2D eigenvalue weighted by Gasteiger charge is -2.25. The van der Waals surface area contributed by atoms with Crippen molar-refractivity contribution in [3.63, 3.8) is 0 Å². The number of urea groups is 1. The fourth-order valence-electron chi connectivity index (χ4n) is 2.29. The maximum atomic E-state index is 12.4. The molecule has 96 valence electrons. The smallest absolute Gasteiger partial charge is 0.319 e. The van der Waals surface area contributed by atoms with E-state index in [0.29, 0.717) is 18.0 Å². The molecule has 1 N–H and O–H groups in total. The van der Waals surface area contributed by atoms with E-state index in [1.54, 1.807) is 31.2 Å². The van der Waals surface area contributed by atoms with Crippen LogP contribution < -0.4 is 5.32 Å². The van der Waals surface area contributed by atoms with Crippen LogP contribution in [0.1, 0.15) is 25.8 Å². The third-order valence-corrected chi connectivity index (χ3v) is 3.61. The van der Waals surface area contributed by atoms with Gasteiger partial charge in [-0.1, -0.05) is 30.7 Å². The Labute approximate surface area is 111 Å². The zero-order valence-electron chi connectivity index (χ0n) is 10.4. The topological polar surface area (TPSA) is 49.4 Å². The quantitative estimate of drug-likeness (QED) is 0.855. The van der Waals surface area contributed by atoms with Crippen molar-refractivity contribution in [2.75, 3.05) is 6.54 Å². The van der Waals surface area contributed by atoms with Crippen LogP contribution in [-0.4, -0.2) is 23.4 Å². The van der Waals surface area contributed by atoms with Crippen LogP contribution in [0.25, 0.3) is 0 Å². The van der Waals surface area contributed by atoms with E-state index in [4.69, 9.17) is 11.6 Å². The van der Waals surface area contributed by atoms with Crippen LogP contribution >= 0.6 is 11.6 Å². The first-order valence-electron chi connectivity index (χ1n) is 5.95. The number of hydrogen-bond donors (Lipinski definition) is 1. The predicted octanol–water partition coefficient (Wildman–Crippen LogP) is 2.52. The summed E-state index contributed by atoms with van der Waals surface area (Å²) in [6.45, 7) is 4.04. The van der Waals surface area contributed by atoms with E-state index < -0.39 is 5.54 Å². The summed E-state index contributed by atoms with van der Waals surface area (Å²) in [6, 6.07) is 6.68. The average Bonchev–Trinajstić information content (AvgIpc) is 2.62. The van der Waals surface area contributed by atoms with Crippen molar-refractivity contribution in [1.29, 1.82) is 0 Å². The van der Waals surface area contributed by atoms with Crippen molar-refractivity contribution >= 4 is 23.5 Å². The maximum absolute atomic E-state index is 12.4. The Morgan fingerprint density at radius 3 is 2.28 bits per heavy atom. The molecule has 1 aliphatic heterocycles. The van der Waals surface area contributed by atoms with Crippen molar-refractivity contribution in [3.05, 3.63) is 34.9 Å². The third-order valence-electron chi connectivity index (χ3n) is 3.36. The van der Waals surface area contributed by atoms with Crippen molar-refractivity contribution in [2.24, 2.45) is 0 Å². The number of halogens is 1. The summed E-state index contributed by atoms with van der Waals surface area (Å²) in [5.74, 6) is -0.195. The van der Waals surface area contributed by atoms with Crippen LogP contribution in [0.15, 0.2) is 24.3 Å². The molecule has 1 fully saturated rings. The highest BCUT2D eigenvalue weighted by Crippen LogP contribution is 2.32. The van der Waals surface area contributed by atoms with Crippen LogP contribution in [0.4, 0.5) is 4.79 Å². The molecule has 1 aromatic carbocycles. The molecule has 0 radical (unpaired) electrons. The number of amides is 3. The van der Waals surface area contributed by atoms with Gasteiger partial charge in [-0.3, -0.25) is 9.69 Å². The molecule has 1 aromatic rings. The number of likely N-dealkylation sites (N-methyl/N-ethyl adjacent to an activating group) is 1. The SMILES string of the molecule is CCN1C(=O)NC(CC)(c2ccc(Cl)cc2)C1=O. The zero-order valence-corrected chi connectivity index (χ0v) is 11.1. The molecule has 0 spiro atoms. The Morgan fingerprint density at radius 1 is 1.22 bits per heavy atom. The van der Waals surface area contributed by atoms with Gasteiger partial charge in [-0.2, -0.15) is 0 Å². The summed E-state index contributed by atoms with van der Waals surface area (Å²) in [6.07, 6.45) is 0.510. The van der Waals surface area contributed by atoms with Gasteiger partial charge in [0.1, 0.15) is 5.54 Å². The van der Waals surface area contributed by atoms with Gasteiger partial charge in [0.25, 0.3) is 5.91 Å². The van der Waals surface area contributed by atoms with E-state index in [1.165, 1.54) is 4.90 Å². The summed E-state index contributed by atoms with van der Waals surface area (Å²) >= 11 is 5.85. The van der Waals surface area contributed by atoms with E-state index in [0.717, 1.165) is 5.56 Å². The van der Waals surface area contributed by atoms with Gasteiger partial charge in [0.05, 0.1) is 0 Å². The van der Waals surface area contributed by atoms with Gasteiger partial charge in [0.2, 0.25) is 0 Å². The van der Waals surface area contributed by atoms with Gasteiger partial charge in [-0.15, -0.1) is 0 Å². The Hall–Kier alpha value is -1.55. The molecule has 4 nitrogen and oxygen atoms in total. The number of rotatable bonds is 3. The molecule has 3 amide bonds. The number of benzene rings is 1. The maximum Gasteiger partial charge on any atom is 0.325 e. The molecule has 1 saturated heterocycles. The second-order valence-electron chi connectivity index (χ2n) is 4.25. The van der Waals surface area contributed by atoms with Crippen molar-refractivity contribution in [2.45, 2.75) is 25.8 Å². The number of carbonyl (C=O) groups is 2. The highest BCUT2D eigenvalue weighted by atomic mass is 35.5. The number of hydrogen-bond acceptors (Lipinski definition) is 2. The normalized spacial score (nSPS) is 23.4. The molecule has 18 heavy (non-hydrogen) atoms. The number of nitrogens with zero attached hydrogens (tertiary/aromatic N) is 1. The van der Waals surface area contributed by atoms with Crippen LogP contribution in [0.2, 0.25) is 5.02 Å². The molecule has 5 heteroatoms. The minimum atomic E-state index is -0.947. The summed E-state index contributed by atoms with van der Waals surface area (Å²) in [7, 11) is 0. The van der Waals surface area contributed by atoms with Crippen molar-refractivity contribution in [3.8, 4) is 0 Å². The van der Waals surface area contributed by atoms with Gasteiger partial charge in [0, 0.05) is 11.6 Å². The van der Waals surface area contributed by atoms with Crippen molar-refractivity contribution in [1.82, 2.24) is 10.2 Å². The van der Waals surface area contributed by atoms with Crippen LogP contribution in [-0.2, 0) is 10.3 Å². The van der Waals surface area contributed by atoms with Crippen LogP contribution in [0.3, 0.4) is 0 Å². The third kappa shape index (κ3) is 1.77. The summed E-state index contributed by atoms with van der Waals surface area (Å²) in [5.41, 5.74) is -0.179. The molecule has 0 aliphatic carbocycles. The predicted molar refractivity (Wildman–Crippen MR) is 69.3 cm³/mol. The molecule has 1 heterocycles. The molecule has 0 saturated carbocycles. The largest absolute Gasteiger partial charge is 0.325 e. The lowest BCUT2D eigenvalue weighted by atomic mass is 9.87. The van der Waals surface area contributed by atoms with Crippen LogP contribution in [0.5, 0.6) is 0 Å². The number of imide groups is 1. The minimum absolute atomic E-state index is 0.195. The first-order chi connectivity index (χ1) is 8.55. The Morgan fingerprint density at radius 2 is 1.83 bits per heavy atom. The molecule has 0 bridgehead atoms. The molecule has 2 rings (SSSR count). The van der Waals surface area contributed by atoms with Gasteiger partial charge >= 0.3 is 6.03 Å². The fraction of sp³-hybridized carbons (Fsp3) is 0.385. The lowest BCUT2D eigenvalue weighted by Crippen LogP contribution is -2.43. The Balaban J connectivity index is 2.47. The molecular weight excluding hydrogens is 252 g/mol. The summed E-state index contributed by atoms with van der Waals surface area (Å²) < 4.78 is 0. The van der Waals surface area contributed by atoms with Crippen molar-refractivity contribution < 1.29 is 9.59 Å². The van der Waals surface area contributed by atoms with Gasteiger partial charge < -0.3 is 5.32 Å². The Bertz CT molecular complexity index is 486. The first kappa shape index (κ1) is 12.9. The molecular formula is C13H15ClN2O2. The van der Waals surface area contributed by atoms with E-state index in [9.17, 15) is 9.59 Å². The summed E-state index contributed by atoms with van der Waals surface area (Å²) in [4.78, 5) is 25.4. The molecule has 1 unspecified atom stereocenters. The van der Waals surface area contributed by atoms with E-state index in [2.05, 4.69) is 5.32 Å². The van der Waals surface area contributed by atoms with Gasteiger partial charge in [-0.25, -0.2) is 4.79 Å². The van der Waals surface area contributed by atoms with E-state index in [1.807, 2.05) is 6.92 Å². The summed E-state index contributed by atoms with van der Waals surface area (Å²) in [5, 5.41) is 3.40.